The van der Waals surface area contributed by atoms with Crippen molar-refractivity contribution in [1.82, 2.24) is 14.9 Å². The highest BCUT2D eigenvalue weighted by molar-refractivity contribution is 8.76. The van der Waals surface area contributed by atoms with Crippen molar-refractivity contribution in [3.8, 4) is 5.75 Å². The molecule has 3 N–H and O–H groups in total. The summed E-state index contributed by atoms with van der Waals surface area (Å²) >= 11 is 6.46. The number of aliphatic hydroxyl groups is 1. The molecule has 1 aliphatic heterocycles. The number of nitrogens with zero attached hydrogens (tertiary/aromatic N) is 3. The van der Waals surface area contributed by atoms with Crippen LogP contribution in [0, 0.1) is 6.92 Å². The van der Waals surface area contributed by atoms with Gasteiger partial charge in [0, 0.05) is 24.6 Å². The van der Waals surface area contributed by atoms with Gasteiger partial charge in [-0.1, -0.05) is 45.3 Å². The van der Waals surface area contributed by atoms with E-state index in [-0.39, 0.29) is 46.4 Å². The van der Waals surface area contributed by atoms with E-state index in [2.05, 4.69) is 33.6 Å². The van der Waals surface area contributed by atoms with Crippen LogP contribution in [0.15, 0.2) is 47.5 Å². The number of aliphatic hydroxyl groups excluding tert-OH is 1. The van der Waals surface area contributed by atoms with Gasteiger partial charge in [-0.2, -0.15) is 4.98 Å². The molecule has 0 aliphatic carbocycles. The second kappa shape index (κ2) is 17.7. The predicted octanol–water partition coefficient (Wildman–Crippen LogP) is 7.58. The molecule has 4 rings (SSSR count). The van der Waals surface area contributed by atoms with Crippen molar-refractivity contribution in [3.63, 3.8) is 0 Å². The highest BCUT2D eigenvalue weighted by Crippen LogP contribution is 2.38. The Bertz CT molecular complexity index is 1650. The number of hydrogen-bond acceptors (Lipinski definition) is 12. The number of aromatic nitrogens is 2. The third kappa shape index (κ3) is 10.1. The number of aryl methyl sites for hydroxylation is 1. The number of rotatable bonds is 15. The Kier molecular flexibility index (Phi) is 13.9. The molecule has 15 heteroatoms. The van der Waals surface area contributed by atoms with Crippen molar-refractivity contribution >= 4 is 72.3 Å². The average molecular weight is 738 g/mol. The molecule has 0 atom stereocenters. The van der Waals surface area contributed by atoms with Gasteiger partial charge in [-0.3, -0.25) is 0 Å². The van der Waals surface area contributed by atoms with Gasteiger partial charge in [-0.25, -0.2) is 18.2 Å². The monoisotopic (exact) mass is 737 g/mol. The van der Waals surface area contributed by atoms with Crippen molar-refractivity contribution in [2.24, 2.45) is 0 Å². The number of sulfone groups is 1. The van der Waals surface area contributed by atoms with Crippen LogP contribution in [0.4, 0.5) is 27.9 Å². The number of nitrogens with one attached hydrogen (secondary N) is 2. The number of anilines is 4. The van der Waals surface area contributed by atoms with E-state index in [1.54, 1.807) is 64.6 Å². The van der Waals surface area contributed by atoms with E-state index in [9.17, 15) is 13.2 Å². The Morgan fingerprint density at radius 2 is 1.79 bits per heavy atom. The first-order valence-corrected chi connectivity index (χ1v) is 20.3. The number of hydrogen-bond donors (Lipinski definition) is 3. The van der Waals surface area contributed by atoms with Crippen LogP contribution in [0.25, 0.3) is 0 Å². The van der Waals surface area contributed by atoms with Gasteiger partial charge < -0.3 is 30.1 Å². The molecule has 3 aromatic rings. The Balaban J connectivity index is 1.48. The molecular weight excluding hydrogens is 694 g/mol. The van der Waals surface area contributed by atoms with E-state index >= 15 is 0 Å². The standard InChI is InChI=1S/C33H44ClN5O6S3/c1-21(2)45-29-19-25(24-10-12-39(13-11-24)33(41)44-15-17-47-46-16-14-40)23(5)18-28(29)37-32-35-20-26(34)31(38-32)36-27-8-6-7-9-30(27)48(42,43)22(3)4/h6-9,18-22,24,40H,10-17H2,1-5H3,(H2,35,36,37,38). The minimum atomic E-state index is -3.56. The van der Waals surface area contributed by atoms with Gasteiger partial charge in [0.15, 0.2) is 15.7 Å². The SMILES string of the molecule is Cc1cc(Nc2ncc(Cl)c(Nc3ccccc3S(=O)(=O)C(C)C)n2)c(OC(C)C)cc1C1CCN(C(=O)OCCSSCCO)CC1. The van der Waals surface area contributed by atoms with Crippen molar-refractivity contribution < 1.29 is 27.8 Å². The van der Waals surface area contributed by atoms with Crippen LogP contribution in [-0.2, 0) is 14.6 Å². The molecule has 0 radical (unpaired) electrons. The van der Waals surface area contributed by atoms with E-state index in [1.807, 2.05) is 19.9 Å². The third-order valence-corrected chi connectivity index (χ3v) is 12.5. The van der Waals surface area contributed by atoms with Gasteiger partial charge in [0.2, 0.25) is 5.95 Å². The number of halogens is 1. The largest absolute Gasteiger partial charge is 0.489 e. The maximum absolute atomic E-state index is 13.0. The predicted molar refractivity (Wildman–Crippen MR) is 196 cm³/mol. The molecule has 1 amide bonds. The molecule has 2 aromatic carbocycles. The molecule has 1 aliphatic rings. The summed E-state index contributed by atoms with van der Waals surface area (Å²) < 4.78 is 37.7. The number of piperidine rings is 1. The lowest BCUT2D eigenvalue weighted by molar-refractivity contribution is 0.0978. The normalized spacial score (nSPS) is 14.0. The van der Waals surface area contributed by atoms with Gasteiger partial charge in [0.25, 0.3) is 0 Å². The van der Waals surface area contributed by atoms with Gasteiger partial charge in [-0.15, -0.1) is 0 Å². The summed E-state index contributed by atoms with van der Waals surface area (Å²) in [5, 5.41) is 14.9. The molecule has 262 valence electrons. The van der Waals surface area contributed by atoms with Crippen LogP contribution >= 0.6 is 33.2 Å². The van der Waals surface area contributed by atoms with Gasteiger partial charge >= 0.3 is 6.09 Å². The van der Waals surface area contributed by atoms with E-state index in [4.69, 9.17) is 26.2 Å². The third-order valence-electron chi connectivity index (χ3n) is 7.63. The Morgan fingerprint density at radius 3 is 2.48 bits per heavy atom. The fraction of sp³-hybridized carbons (Fsp3) is 0.485. The molecule has 2 heterocycles. The maximum Gasteiger partial charge on any atom is 0.409 e. The average Bonchev–Trinajstić information content (AvgIpc) is 3.05. The molecule has 11 nitrogen and oxygen atoms in total. The maximum atomic E-state index is 13.0. The van der Waals surface area contributed by atoms with Crippen LogP contribution in [0.2, 0.25) is 5.02 Å². The molecule has 1 aromatic heterocycles. The number of carbonyl (C=O) groups excluding carboxylic acids is 1. The second-order valence-electron chi connectivity index (χ2n) is 11.8. The number of ether oxygens (including phenoxy) is 2. The molecule has 0 saturated carbocycles. The second-order valence-corrected chi connectivity index (χ2v) is 17.4. The van der Waals surface area contributed by atoms with Crippen molar-refractivity contribution in [2.45, 2.75) is 69.6 Å². The van der Waals surface area contributed by atoms with Gasteiger partial charge in [-0.05, 0) is 88.8 Å². The van der Waals surface area contributed by atoms with Crippen LogP contribution < -0.4 is 15.4 Å². The van der Waals surface area contributed by atoms with Crippen molar-refractivity contribution in [1.29, 1.82) is 0 Å². The topological polar surface area (TPSA) is 143 Å². The summed E-state index contributed by atoms with van der Waals surface area (Å²) in [5.74, 6) is 2.73. The lowest BCUT2D eigenvalue weighted by atomic mass is 9.86. The summed E-state index contributed by atoms with van der Waals surface area (Å²) in [6.07, 6.45) is 2.67. The van der Waals surface area contributed by atoms with E-state index in [0.717, 1.165) is 24.0 Å². The first-order valence-electron chi connectivity index (χ1n) is 15.9. The molecule has 48 heavy (non-hydrogen) atoms. The Hall–Kier alpha value is -2.91. The first kappa shape index (κ1) is 37.9. The molecule has 1 saturated heterocycles. The number of para-hydroxylation sites is 1. The number of carbonyl (C=O) groups is 1. The van der Waals surface area contributed by atoms with E-state index in [0.29, 0.717) is 48.3 Å². The lowest BCUT2D eigenvalue weighted by Gasteiger charge is -2.32. The van der Waals surface area contributed by atoms with Crippen molar-refractivity contribution in [2.75, 3.05) is 48.4 Å². The lowest BCUT2D eigenvalue weighted by Crippen LogP contribution is -2.38. The Morgan fingerprint density at radius 1 is 1.08 bits per heavy atom. The fourth-order valence-corrected chi connectivity index (χ4v) is 8.15. The zero-order chi connectivity index (χ0) is 34.8. The molecule has 0 bridgehead atoms. The van der Waals surface area contributed by atoms with Gasteiger partial charge in [0.1, 0.15) is 17.4 Å². The summed E-state index contributed by atoms with van der Waals surface area (Å²) in [6.45, 7) is 10.9. The summed E-state index contributed by atoms with van der Waals surface area (Å²) in [5.41, 5.74) is 3.27. The highest BCUT2D eigenvalue weighted by atomic mass is 35.5. The smallest absolute Gasteiger partial charge is 0.409 e. The van der Waals surface area contributed by atoms with Crippen molar-refractivity contribution in [3.05, 3.63) is 58.7 Å². The molecule has 1 fully saturated rings. The van der Waals surface area contributed by atoms with E-state index < -0.39 is 15.1 Å². The fourth-order valence-electron chi connectivity index (χ4n) is 5.21. The zero-order valence-corrected chi connectivity index (χ0v) is 31.1. The van der Waals surface area contributed by atoms with Crippen LogP contribution in [-0.4, -0.2) is 83.6 Å². The minimum absolute atomic E-state index is 0.0966. The first-order chi connectivity index (χ1) is 22.9. The zero-order valence-electron chi connectivity index (χ0n) is 27.9. The summed E-state index contributed by atoms with van der Waals surface area (Å²) in [6, 6.07) is 10.7. The minimum Gasteiger partial charge on any atom is -0.489 e. The summed E-state index contributed by atoms with van der Waals surface area (Å²) in [7, 11) is -0.419. The number of likely N-dealkylation sites (tertiary alicyclic amines) is 1. The molecule has 0 unspecified atom stereocenters. The van der Waals surface area contributed by atoms with Crippen LogP contribution in [0.5, 0.6) is 5.75 Å². The van der Waals surface area contributed by atoms with Crippen LogP contribution in [0.3, 0.4) is 0 Å². The Labute approximate surface area is 296 Å². The highest BCUT2D eigenvalue weighted by Gasteiger charge is 2.27. The van der Waals surface area contributed by atoms with E-state index in [1.165, 1.54) is 6.20 Å². The molecule has 0 spiro atoms. The summed E-state index contributed by atoms with van der Waals surface area (Å²) in [4.78, 5) is 23.5. The number of benzene rings is 2. The number of amides is 1. The van der Waals surface area contributed by atoms with Gasteiger partial charge in [0.05, 0.1) is 40.4 Å². The molecular formula is C33H44ClN5O6S3. The van der Waals surface area contributed by atoms with Crippen LogP contribution in [0.1, 0.15) is 57.6 Å². The quantitative estimate of drug-likeness (QED) is 0.104.